The lowest BCUT2D eigenvalue weighted by Gasteiger charge is -2.20. The van der Waals surface area contributed by atoms with Crippen molar-refractivity contribution in [3.05, 3.63) is 33.4 Å². The van der Waals surface area contributed by atoms with Crippen molar-refractivity contribution >= 4 is 15.9 Å². The predicted octanol–water partition coefficient (Wildman–Crippen LogP) is 0.489. The summed E-state index contributed by atoms with van der Waals surface area (Å²) in [6.07, 6.45) is 1.35. The molecule has 132 valence electrons. The lowest BCUT2D eigenvalue weighted by Crippen LogP contribution is -2.38. The first-order valence-corrected chi connectivity index (χ1v) is 9.44. The fraction of sp³-hybridized carbons (Fsp3) is 0.600. The Morgan fingerprint density at radius 1 is 1.42 bits per heavy atom. The molecule has 1 atom stereocenters. The topological polar surface area (TPSA) is 90.8 Å². The van der Waals surface area contributed by atoms with Crippen molar-refractivity contribution in [1.29, 1.82) is 0 Å². The van der Waals surface area contributed by atoms with Gasteiger partial charge in [-0.05, 0) is 19.8 Å². The number of aromatic amines is 1. The highest BCUT2D eigenvalue weighted by molar-refractivity contribution is 7.86. The average Bonchev–Trinajstić information content (AvgIpc) is 3.13. The van der Waals surface area contributed by atoms with Crippen LogP contribution in [0.2, 0.25) is 0 Å². The van der Waals surface area contributed by atoms with Crippen molar-refractivity contribution in [2.75, 3.05) is 27.2 Å². The Balaban J connectivity index is 1.95. The number of hydrogen-bond donors (Lipinski definition) is 1. The normalized spacial score (nSPS) is 19.6. The molecule has 1 N–H and O–H groups in total. The molecule has 0 radical (unpaired) electrons. The summed E-state index contributed by atoms with van der Waals surface area (Å²) in [4.78, 5) is 17.0. The van der Waals surface area contributed by atoms with Crippen LogP contribution in [0.25, 0.3) is 5.65 Å². The van der Waals surface area contributed by atoms with E-state index in [9.17, 15) is 13.2 Å². The summed E-state index contributed by atoms with van der Waals surface area (Å²) >= 11 is 0. The van der Waals surface area contributed by atoms with Gasteiger partial charge in [0.1, 0.15) is 0 Å². The molecule has 8 nitrogen and oxygen atoms in total. The average molecular weight is 353 g/mol. The third-order valence-corrected chi connectivity index (χ3v) is 6.57. The number of aryl methyl sites for hydroxylation is 1. The quantitative estimate of drug-likeness (QED) is 0.866. The SMILES string of the molecule is CCc1c(C)nc2cc([C@@H]3CCN(S(=O)(=O)N(C)C)C3)[nH]n2c1=O. The summed E-state index contributed by atoms with van der Waals surface area (Å²) in [5, 5.41) is 3.12. The highest BCUT2D eigenvalue weighted by Crippen LogP contribution is 2.28. The van der Waals surface area contributed by atoms with Gasteiger partial charge in [0.25, 0.3) is 15.8 Å². The lowest BCUT2D eigenvalue weighted by molar-refractivity contribution is 0.418. The maximum atomic E-state index is 12.5. The Bertz CT molecular complexity index is 928. The number of aromatic nitrogens is 3. The van der Waals surface area contributed by atoms with Gasteiger partial charge < -0.3 is 0 Å². The van der Waals surface area contributed by atoms with Crippen LogP contribution in [-0.2, 0) is 16.6 Å². The molecule has 0 unspecified atom stereocenters. The number of rotatable bonds is 4. The molecule has 0 saturated carbocycles. The minimum absolute atomic E-state index is 0.0335. The van der Waals surface area contributed by atoms with Crippen molar-refractivity contribution < 1.29 is 8.42 Å². The number of fused-ring (bicyclic) bond motifs is 1. The summed E-state index contributed by atoms with van der Waals surface area (Å²) in [5.74, 6) is 0.0335. The molecule has 3 heterocycles. The molecule has 9 heteroatoms. The van der Waals surface area contributed by atoms with Crippen LogP contribution in [0.4, 0.5) is 0 Å². The molecule has 3 rings (SSSR count). The molecule has 1 aliphatic rings. The molecule has 1 aliphatic heterocycles. The van der Waals surface area contributed by atoms with E-state index in [1.54, 1.807) is 0 Å². The van der Waals surface area contributed by atoms with Crippen molar-refractivity contribution in [3.63, 3.8) is 0 Å². The van der Waals surface area contributed by atoms with E-state index in [4.69, 9.17) is 0 Å². The van der Waals surface area contributed by atoms with Crippen LogP contribution in [-0.4, -0.2) is 58.8 Å². The molecule has 0 aliphatic carbocycles. The second-order valence-electron chi connectivity index (χ2n) is 6.37. The van der Waals surface area contributed by atoms with Gasteiger partial charge in [-0.1, -0.05) is 6.92 Å². The lowest BCUT2D eigenvalue weighted by atomic mass is 10.1. The van der Waals surface area contributed by atoms with Gasteiger partial charge in [-0.3, -0.25) is 9.89 Å². The Hall–Kier alpha value is -1.71. The first-order valence-electron chi connectivity index (χ1n) is 8.04. The minimum Gasteiger partial charge on any atom is -0.293 e. The fourth-order valence-electron chi connectivity index (χ4n) is 3.23. The Morgan fingerprint density at radius 3 is 2.75 bits per heavy atom. The molecule has 2 aromatic rings. The summed E-state index contributed by atoms with van der Waals surface area (Å²) < 4.78 is 28.6. The second-order valence-corrected chi connectivity index (χ2v) is 8.52. The van der Waals surface area contributed by atoms with Crippen molar-refractivity contribution in [3.8, 4) is 0 Å². The number of hydrogen-bond acceptors (Lipinski definition) is 4. The number of nitrogens with zero attached hydrogens (tertiary/aromatic N) is 4. The van der Waals surface area contributed by atoms with Gasteiger partial charge >= 0.3 is 0 Å². The van der Waals surface area contributed by atoms with Crippen LogP contribution < -0.4 is 5.56 Å². The van der Waals surface area contributed by atoms with E-state index in [2.05, 4.69) is 10.1 Å². The maximum absolute atomic E-state index is 12.5. The monoisotopic (exact) mass is 353 g/mol. The van der Waals surface area contributed by atoms with E-state index in [-0.39, 0.29) is 11.5 Å². The molecule has 0 aromatic carbocycles. The van der Waals surface area contributed by atoms with Crippen LogP contribution in [0.3, 0.4) is 0 Å². The molecule has 1 fully saturated rings. The molecular weight excluding hydrogens is 330 g/mol. The summed E-state index contributed by atoms with van der Waals surface area (Å²) in [5.41, 5.74) is 2.80. The molecular formula is C15H23N5O3S. The van der Waals surface area contributed by atoms with Crippen molar-refractivity contribution in [1.82, 2.24) is 23.2 Å². The van der Waals surface area contributed by atoms with Gasteiger partial charge in [0.2, 0.25) is 0 Å². The van der Waals surface area contributed by atoms with Crippen LogP contribution in [0, 0.1) is 6.92 Å². The third kappa shape index (κ3) is 2.66. The van der Waals surface area contributed by atoms with Crippen LogP contribution in [0.15, 0.2) is 10.9 Å². The number of nitrogens with one attached hydrogen (secondary N) is 1. The molecule has 1 saturated heterocycles. The Morgan fingerprint density at radius 2 is 2.12 bits per heavy atom. The molecule has 0 spiro atoms. The van der Waals surface area contributed by atoms with Crippen LogP contribution >= 0.6 is 0 Å². The van der Waals surface area contributed by atoms with E-state index in [1.807, 2.05) is 19.9 Å². The standard InChI is InChI=1S/C15H23N5O3S/c1-5-12-10(2)16-14-8-13(17-20(14)15(12)21)11-6-7-19(9-11)24(22,23)18(3)4/h8,11,17H,5-7,9H2,1-4H3/t11-/m1/s1. The Labute approximate surface area is 141 Å². The zero-order chi connectivity index (χ0) is 17.6. The van der Waals surface area contributed by atoms with E-state index in [1.165, 1.54) is 27.2 Å². The van der Waals surface area contributed by atoms with Gasteiger partial charge in [0.15, 0.2) is 5.65 Å². The van der Waals surface area contributed by atoms with Gasteiger partial charge in [-0.15, -0.1) is 0 Å². The van der Waals surface area contributed by atoms with Crippen LogP contribution in [0.5, 0.6) is 0 Å². The van der Waals surface area contributed by atoms with Gasteiger partial charge in [-0.2, -0.15) is 17.0 Å². The Kier molecular flexibility index (Phi) is 4.27. The highest BCUT2D eigenvalue weighted by Gasteiger charge is 2.34. The minimum atomic E-state index is -3.40. The van der Waals surface area contributed by atoms with E-state index in [0.717, 1.165) is 11.4 Å². The number of H-pyrrole nitrogens is 1. The molecule has 0 bridgehead atoms. The predicted molar refractivity (Wildman–Crippen MR) is 91.5 cm³/mol. The summed E-state index contributed by atoms with van der Waals surface area (Å²) in [7, 11) is -0.341. The molecule has 0 amide bonds. The van der Waals surface area contributed by atoms with Gasteiger partial charge in [0.05, 0.1) is 0 Å². The first kappa shape index (κ1) is 17.1. The zero-order valence-electron chi connectivity index (χ0n) is 14.4. The van der Waals surface area contributed by atoms with Gasteiger partial charge in [0, 0.05) is 56.1 Å². The van der Waals surface area contributed by atoms with Crippen LogP contribution in [0.1, 0.15) is 36.2 Å². The second kappa shape index (κ2) is 5.98. The largest absolute Gasteiger partial charge is 0.293 e. The van der Waals surface area contributed by atoms with E-state index in [0.29, 0.717) is 37.1 Å². The van der Waals surface area contributed by atoms with Crippen molar-refractivity contribution in [2.45, 2.75) is 32.6 Å². The van der Waals surface area contributed by atoms with Gasteiger partial charge in [-0.25, -0.2) is 9.50 Å². The fourth-order valence-corrected chi connectivity index (χ4v) is 4.39. The highest BCUT2D eigenvalue weighted by atomic mass is 32.2. The smallest absolute Gasteiger partial charge is 0.281 e. The first-order chi connectivity index (χ1) is 11.3. The zero-order valence-corrected chi connectivity index (χ0v) is 15.2. The summed E-state index contributed by atoms with van der Waals surface area (Å²) in [6, 6.07) is 1.85. The van der Waals surface area contributed by atoms with E-state index >= 15 is 0 Å². The summed E-state index contributed by atoms with van der Waals surface area (Å²) in [6.45, 7) is 4.65. The third-order valence-electron chi connectivity index (χ3n) is 4.67. The van der Waals surface area contributed by atoms with Crippen molar-refractivity contribution in [2.24, 2.45) is 0 Å². The maximum Gasteiger partial charge on any atom is 0.281 e. The van der Waals surface area contributed by atoms with E-state index < -0.39 is 10.2 Å². The molecule has 24 heavy (non-hydrogen) atoms. The molecule has 2 aromatic heterocycles.